The van der Waals surface area contributed by atoms with Gasteiger partial charge in [-0.2, -0.15) is 0 Å². The Morgan fingerprint density at radius 2 is 2.00 bits per heavy atom. The maximum Gasteiger partial charge on any atom is 0.0737 e. The van der Waals surface area contributed by atoms with Crippen molar-refractivity contribution in [3.05, 3.63) is 35.5 Å². The van der Waals surface area contributed by atoms with E-state index in [-0.39, 0.29) is 12.0 Å². The monoisotopic (exact) mass is 304 g/mol. The maximum absolute atomic E-state index is 9.80. The predicted octanol–water partition coefficient (Wildman–Crippen LogP) is 4.24. The van der Waals surface area contributed by atoms with Gasteiger partial charge in [-0.05, 0) is 37.1 Å². The van der Waals surface area contributed by atoms with Gasteiger partial charge in [0.15, 0.2) is 0 Å². The van der Waals surface area contributed by atoms with Gasteiger partial charge in [0, 0.05) is 34.3 Å². The number of benzene rings is 1. The quantitative estimate of drug-likeness (QED) is 0.888. The van der Waals surface area contributed by atoms with E-state index in [2.05, 4.69) is 10.3 Å². The van der Waals surface area contributed by atoms with Crippen molar-refractivity contribution in [2.75, 3.05) is 18.5 Å². The molecule has 3 nitrogen and oxygen atoms in total. The molecule has 1 fully saturated rings. The van der Waals surface area contributed by atoms with Gasteiger partial charge in [-0.15, -0.1) is 0 Å². The van der Waals surface area contributed by atoms with Crippen LogP contribution in [0.3, 0.4) is 0 Å². The number of hydrogen-bond donors (Lipinski definition) is 2. The molecule has 4 heteroatoms. The zero-order chi connectivity index (χ0) is 14.7. The number of aliphatic hydroxyl groups is 1. The lowest BCUT2D eigenvalue weighted by molar-refractivity contribution is 0.0944. The lowest BCUT2D eigenvalue weighted by Crippen LogP contribution is -2.35. The van der Waals surface area contributed by atoms with Crippen molar-refractivity contribution in [1.29, 1.82) is 0 Å². The van der Waals surface area contributed by atoms with E-state index in [0.29, 0.717) is 5.02 Å². The van der Waals surface area contributed by atoms with Crippen LogP contribution in [0.1, 0.15) is 32.1 Å². The number of aromatic nitrogens is 1. The molecule has 1 aliphatic carbocycles. The van der Waals surface area contributed by atoms with Crippen LogP contribution >= 0.6 is 11.6 Å². The molecule has 2 N–H and O–H groups in total. The number of aliphatic hydroxyl groups excluding tert-OH is 1. The Morgan fingerprint density at radius 3 is 2.76 bits per heavy atom. The average Bonchev–Trinajstić information content (AvgIpc) is 2.53. The number of hydrogen-bond acceptors (Lipinski definition) is 3. The van der Waals surface area contributed by atoms with Gasteiger partial charge < -0.3 is 10.4 Å². The van der Waals surface area contributed by atoms with E-state index in [0.717, 1.165) is 36.0 Å². The van der Waals surface area contributed by atoms with Crippen LogP contribution < -0.4 is 5.32 Å². The van der Waals surface area contributed by atoms with Crippen LogP contribution in [-0.2, 0) is 0 Å². The van der Waals surface area contributed by atoms with E-state index in [1.807, 2.05) is 24.3 Å². The van der Waals surface area contributed by atoms with Crippen molar-refractivity contribution in [3.8, 4) is 0 Å². The summed E-state index contributed by atoms with van der Waals surface area (Å²) in [5.41, 5.74) is 1.99. The molecule has 21 heavy (non-hydrogen) atoms. The molecular weight excluding hydrogens is 284 g/mol. The molecule has 112 valence electrons. The molecule has 0 bridgehead atoms. The molecule has 3 rings (SSSR count). The molecule has 0 amide bonds. The smallest absolute Gasteiger partial charge is 0.0737 e. The zero-order valence-corrected chi connectivity index (χ0v) is 12.9. The Morgan fingerprint density at radius 1 is 1.19 bits per heavy atom. The number of pyridine rings is 1. The SMILES string of the molecule is OCC1(CNc2ccnc3cc(Cl)ccc23)CCCCC1. The first-order valence-electron chi connectivity index (χ1n) is 7.61. The minimum atomic E-state index is 0.0280. The van der Waals surface area contributed by atoms with Gasteiger partial charge in [0.2, 0.25) is 0 Å². The third kappa shape index (κ3) is 3.14. The number of halogens is 1. The molecule has 1 heterocycles. The van der Waals surface area contributed by atoms with Crippen LogP contribution in [0.15, 0.2) is 30.5 Å². The Hall–Kier alpha value is -1.32. The standard InChI is InChI=1S/C17H21ClN2O/c18-13-4-5-14-15(6-9-19-16(14)10-13)20-11-17(12-21)7-2-1-3-8-17/h4-6,9-10,21H,1-3,7-8,11-12H2,(H,19,20). The molecule has 0 saturated heterocycles. The van der Waals surface area contributed by atoms with Crippen molar-refractivity contribution in [2.45, 2.75) is 32.1 Å². The Bertz CT molecular complexity index is 623. The van der Waals surface area contributed by atoms with Gasteiger partial charge >= 0.3 is 0 Å². The van der Waals surface area contributed by atoms with E-state index in [1.165, 1.54) is 19.3 Å². The Balaban J connectivity index is 1.81. The predicted molar refractivity (Wildman–Crippen MR) is 87.8 cm³/mol. The molecule has 0 unspecified atom stereocenters. The first-order chi connectivity index (χ1) is 10.2. The highest BCUT2D eigenvalue weighted by Gasteiger charge is 2.31. The molecule has 1 aromatic carbocycles. The van der Waals surface area contributed by atoms with Crippen molar-refractivity contribution in [3.63, 3.8) is 0 Å². The second-order valence-corrected chi connectivity index (χ2v) is 6.53. The van der Waals surface area contributed by atoms with Gasteiger partial charge in [-0.3, -0.25) is 4.98 Å². The summed E-state index contributed by atoms with van der Waals surface area (Å²) in [6.45, 7) is 1.07. The molecular formula is C17H21ClN2O. The molecule has 1 aromatic heterocycles. The van der Waals surface area contributed by atoms with Gasteiger partial charge in [0.25, 0.3) is 0 Å². The highest BCUT2D eigenvalue weighted by atomic mass is 35.5. The van der Waals surface area contributed by atoms with Gasteiger partial charge in [0.1, 0.15) is 0 Å². The fourth-order valence-corrected chi connectivity index (χ4v) is 3.42. The molecule has 0 aliphatic heterocycles. The first kappa shape index (κ1) is 14.6. The van der Waals surface area contributed by atoms with Crippen LogP contribution in [-0.4, -0.2) is 23.2 Å². The summed E-state index contributed by atoms with van der Waals surface area (Å²) < 4.78 is 0. The van der Waals surface area contributed by atoms with Gasteiger partial charge in [-0.1, -0.05) is 30.9 Å². The summed E-state index contributed by atoms with van der Waals surface area (Å²) in [4.78, 5) is 4.36. The average molecular weight is 305 g/mol. The van der Waals surface area contributed by atoms with E-state index in [4.69, 9.17) is 11.6 Å². The summed E-state index contributed by atoms with van der Waals surface area (Å²) >= 11 is 6.02. The lowest BCUT2D eigenvalue weighted by Gasteiger charge is -2.36. The fraction of sp³-hybridized carbons (Fsp3) is 0.471. The molecule has 0 radical (unpaired) electrons. The van der Waals surface area contributed by atoms with Crippen molar-refractivity contribution in [1.82, 2.24) is 4.98 Å². The van der Waals surface area contributed by atoms with Gasteiger partial charge in [-0.25, -0.2) is 0 Å². The topological polar surface area (TPSA) is 45.1 Å². The maximum atomic E-state index is 9.80. The largest absolute Gasteiger partial charge is 0.396 e. The number of anilines is 1. The molecule has 1 aliphatic rings. The summed E-state index contributed by atoms with van der Waals surface area (Å²) in [7, 11) is 0. The van der Waals surface area contributed by atoms with Crippen LogP contribution in [0.2, 0.25) is 5.02 Å². The molecule has 0 spiro atoms. The van der Waals surface area contributed by atoms with E-state index < -0.39 is 0 Å². The number of nitrogens with zero attached hydrogens (tertiary/aromatic N) is 1. The summed E-state index contributed by atoms with van der Waals surface area (Å²) in [5.74, 6) is 0. The number of fused-ring (bicyclic) bond motifs is 1. The number of nitrogens with one attached hydrogen (secondary N) is 1. The highest BCUT2D eigenvalue weighted by molar-refractivity contribution is 6.31. The third-order valence-corrected chi connectivity index (χ3v) is 4.84. The summed E-state index contributed by atoms with van der Waals surface area (Å²) in [5, 5.41) is 15.1. The Labute approximate surface area is 130 Å². The normalized spacial score (nSPS) is 17.8. The first-order valence-corrected chi connectivity index (χ1v) is 7.99. The van der Waals surface area contributed by atoms with Crippen LogP contribution in [0.5, 0.6) is 0 Å². The summed E-state index contributed by atoms with van der Waals surface area (Å²) in [6.07, 6.45) is 7.73. The van der Waals surface area contributed by atoms with Crippen molar-refractivity contribution in [2.24, 2.45) is 5.41 Å². The zero-order valence-electron chi connectivity index (χ0n) is 12.1. The highest BCUT2D eigenvalue weighted by Crippen LogP contribution is 2.36. The van der Waals surface area contributed by atoms with Gasteiger partial charge in [0.05, 0.1) is 12.1 Å². The minimum absolute atomic E-state index is 0.0280. The molecule has 0 atom stereocenters. The molecule has 2 aromatic rings. The Kier molecular flexibility index (Phi) is 4.32. The third-order valence-electron chi connectivity index (χ3n) is 4.61. The van der Waals surface area contributed by atoms with E-state index in [1.54, 1.807) is 6.20 Å². The van der Waals surface area contributed by atoms with E-state index in [9.17, 15) is 5.11 Å². The second kappa shape index (κ2) is 6.20. The second-order valence-electron chi connectivity index (χ2n) is 6.09. The summed E-state index contributed by atoms with van der Waals surface area (Å²) in [6, 6.07) is 7.76. The minimum Gasteiger partial charge on any atom is -0.396 e. The fourth-order valence-electron chi connectivity index (χ4n) is 3.25. The number of rotatable bonds is 4. The van der Waals surface area contributed by atoms with E-state index >= 15 is 0 Å². The van der Waals surface area contributed by atoms with Crippen molar-refractivity contribution >= 4 is 28.2 Å². The van der Waals surface area contributed by atoms with Crippen LogP contribution in [0.4, 0.5) is 5.69 Å². The van der Waals surface area contributed by atoms with Crippen molar-refractivity contribution < 1.29 is 5.11 Å². The molecule has 1 saturated carbocycles. The lowest BCUT2D eigenvalue weighted by atomic mass is 9.74. The van der Waals surface area contributed by atoms with Crippen LogP contribution in [0.25, 0.3) is 10.9 Å². The van der Waals surface area contributed by atoms with Crippen LogP contribution in [0, 0.1) is 5.41 Å².